The van der Waals surface area contributed by atoms with Crippen molar-refractivity contribution in [1.82, 2.24) is 0 Å². The van der Waals surface area contributed by atoms with Crippen LogP contribution >= 0.6 is 0 Å². The second-order valence-corrected chi connectivity index (χ2v) is 6.38. The highest BCUT2D eigenvalue weighted by Gasteiger charge is 2.17. The van der Waals surface area contributed by atoms with Crippen molar-refractivity contribution in [2.45, 2.75) is 6.42 Å². The predicted molar refractivity (Wildman–Crippen MR) is 106 cm³/mol. The quantitative estimate of drug-likeness (QED) is 0.366. The molecular weight excluding hydrogens is 356 g/mol. The van der Waals surface area contributed by atoms with Crippen molar-refractivity contribution in [3.8, 4) is 5.75 Å². The summed E-state index contributed by atoms with van der Waals surface area (Å²) in [6, 6.07) is 18.6. The molecule has 0 radical (unpaired) electrons. The summed E-state index contributed by atoms with van der Waals surface area (Å²) >= 11 is 0. The Balaban J connectivity index is 1.50. The molecule has 4 rings (SSSR count). The van der Waals surface area contributed by atoms with Gasteiger partial charge in [-0.15, -0.1) is 0 Å². The Bertz CT molecular complexity index is 1170. The van der Waals surface area contributed by atoms with Crippen molar-refractivity contribution in [2.24, 2.45) is 0 Å². The van der Waals surface area contributed by atoms with E-state index >= 15 is 0 Å². The van der Waals surface area contributed by atoms with E-state index in [0.717, 1.165) is 21.7 Å². The number of hydrogen-bond acceptors (Lipinski definition) is 5. The van der Waals surface area contributed by atoms with E-state index in [4.69, 9.17) is 13.9 Å². The van der Waals surface area contributed by atoms with Crippen LogP contribution in [0.5, 0.6) is 5.75 Å². The Labute approximate surface area is 161 Å². The minimum atomic E-state index is -0.487. The highest BCUT2D eigenvalue weighted by Crippen LogP contribution is 2.30. The molecule has 28 heavy (non-hydrogen) atoms. The number of para-hydroxylation sites is 1. The Morgan fingerprint density at radius 3 is 2.61 bits per heavy atom. The zero-order valence-electron chi connectivity index (χ0n) is 15.3. The monoisotopic (exact) mass is 374 g/mol. The summed E-state index contributed by atoms with van der Waals surface area (Å²) in [5, 5.41) is 2.98. The number of ether oxygens (including phenoxy) is 2. The van der Waals surface area contributed by atoms with Crippen LogP contribution in [-0.2, 0) is 16.0 Å². The normalized spacial score (nSPS) is 10.9. The number of carbonyl (C=O) groups excluding carboxylic acids is 2. The number of benzene rings is 3. The van der Waals surface area contributed by atoms with E-state index < -0.39 is 5.97 Å². The summed E-state index contributed by atoms with van der Waals surface area (Å²) in [7, 11) is 1.49. The second-order valence-electron chi connectivity index (χ2n) is 6.38. The molecule has 1 heterocycles. The maximum Gasteiger partial charge on any atom is 0.310 e. The summed E-state index contributed by atoms with van der Waals surface area (Å²) in [6.07, 6.45) is 1.60. The fourth-order valence-electron chi connectivity index (χ4n) is 3.31. The van der Waals surface area contributed by atoms with Gasteiger partial charge in [0.1, 0.15) is 11.3 Å². The van der Waals surface area contributed by atoms with Gasteiger partial charge >= 0.3 is 5.97 Å². The van der Waals surface area contributed by atoms with Crippen molar-refractivity contribution in [1.29, 1.82) is 0 Å². The van der Waals surface area contributed by atoms with E-state index in [9.17, 15) is 9.59 Å². The topological polar surface area (TPSA) is 65.7 Å². The standard InChI is InChI=1S/C23H18O5/c1-26-20-9-5-4-8-18(20)19(24)14-28-22(25)12-16-13-27-21-11-10-15-6-2-3-7-17(15)23(16)21/h2-11,13H,12,14H2,1H3. The molecule has 1 aromatic heterocycles. The van der Waals surface area contributed by atoms with Crippen molar-refractivity contribution in [3.05, 3.63) is 78.1 Å². The van der Waals surface area contributed by atoms with Gasteiger partial charge in [-0.25, -0.2) is 0 Å². The van der Waals surface area contributed by atoms with Crippen LogP contribution in [0.4, 0.5) is 0 Å². The van der Waals surface area contributed by atoms with Gasteiger partial charge in [0.05, 0.1) is 25.4 Å². The van der Waals surface area contributed by atoms with Gasteiger partial charge in [-0.1, -0.05) is 42.5 Å². The number of fused-ring (bicyclic) bond motifs is 3. The molecule has 0 aliphatic carbocycles. The zero-order valence-corrected chi connectivity index (χ0v) is 15.3. The molecule has 0 atom stereocenters. The lowest BCUT2D eigenvalue weighted by molar-refractivity contribution is -0.141. The van der Waals surface area contributed by atoms with Gasteiger partial charge in [0.15, 0.2) is 6.61 Å². The Morgan fingerprint density at radius 1 is 0.964 bits per heavy atom. The van der Waals surface area contributed by atoms with Gasteiger partial charge in [-0.2, -0.15) is 0 Å². The molecule has 4 aromatic rings. The van der Waals surface area contributed by atoms with Crippen LogP contribution in [-0.4, -0.2) is 25.5 Å². The largest absolute Gasteiger partial charge is 0.496 e. The van der Waals surface area contributed by atoms with Crippen LogP contribution in [0.3, 0.4) is 0 Å². The fraction of sp³-hybridized carbons (Fsp3) is 0.130. The van der Waals surface area contributed by atoms with Crippen molar-refractivity contribution in [2.75, 3.05) is 13.7 Å². The lowest BCUT2D eigenvalue weighted by atomic mass is 10.0. The molecule has 0 spiro atoms. The first-order chi connectivity index (χ1) is 13.7. The summed E-state index contributed by atoms with van der Waals surface area (Å²) < 4.78 is 16.0. The maximum absolute atomic E-state index is 12.3. The summed E-state index contributed by atoms with van der Waals surface area (Å²) in [5.41, 5.74) is 1.84. The Kier molecular flexibility index (Phi) is 4.81. The molecular formula is C23H18O5. The summed E-state index contributed by atoms with van der Waals surface area (Å²) in [5.74, 6) is -0.344. The minimum Gasteiger partial charge on any atom is -0.496 e. The first kappa shape index (κ1) is 17.8. The third kappa shape index (κ3) is 3.34. The maximum atomic E-state index is 12.3. The van der Waals surface area contributed by atoms with Gasteiger partial charge in [-0.3, -0.25) is 9.59 Å². The van der Waals surface area contributed by atoms with E-state index in [2.05, 4.69) is 0 Å². The summed E-state index contributed by atoms with van der Waals surface area (Å²) in [4.78, 5) is 24.7. The van der Waals surface area contributed by atoms with E-state index in [1.165, 1.54) is 7.11 Å². The molecule has 0 aliphatic heterocycles. The van der Waals surface area contributed by atoms with Gasteiger partial charge in [0, 0.05) is 10.9 Å². The highest BCUT2D eigenvalue weighted by molar-refractivity contribution is 6.08. The molecule has 0 saturated carbocycles. The molecule has 5 nitrogen and oxygen atoms in total. The van der Waals surface area contributed by atoms with E-state index in [1.54, 1.807) is 30.5 Å². The lowest BCUT2D eigenvalue weighted by Gasteiger charge is -2.08. The van der Waals surface area contributed by atoms with Crippen LogP contribution < -0.4 is 4.74 Å². The Morgan fingerprint density at radius 2 is 1.75 bits per heavy atom. The molecule has 0 amide bonds. The molecule has 0 unspecified atom stereocenters. The molecule has 5 heteroatoms. The number of furan rings is 1. The molecule has 0 saturated heterocycles. The van der Waals surface area contributed by atoms with Gasteiger partial charge in [0.2, 0.25) is 5.78 Å². The van der Waals surface area contributed by atoms with Crippen LogP contribution in [0.1, 0.15) is 15.9 Å². The average Bonchev–Trinajstić information content (AvgIpc) is 3.15. The van der Waals surface area contributed by atoms with E-state index in [0.29, 0.717) is 16.9 Å². The van der Waals surface area contributed by atoms with Crippen molar-refractivity contribution in [3.63, 3.8) is 0 Å². The van der Waals surface area contributed by atoms with Crippen LogP contribution in [0.15, 0.2) is 71.3 Å². The molecule has 0 bridgehead atoms. The smallest absolute Gasteiger partial charge is 0.310 e. The van der Waals surface area contributed by atoms with Crippen molar-refractivity contribution >= 4 is 33.5 Å². The van der Waals surface area contributed by atoms with Gasteiger partial charge < -0.3 is 13.9 Å². The first-order valence-electron chi connectivity index (χ1n) is 8.87. The minimum absolute atomic E-state index is 0.0280. The van der Waals surface area contributed by atoms with Crippen LogP contribution in [0.2, 0.25) is 0 Å². The highest BCUT2D eigenvalue weighted by atomic mass is 16.5. The number of rotatable bonds is 6. The molecule has 0 fully saturated rings. The third-order valence-electron chi connectivity index (χ3n) is 4.65. The number of ketones is 1. The SMILES string of the molecule is COc1ccccc1C(=O)COC(=O)Cc1coc2ccc3ccccc3c12. The number of esters is 1. The van der Waals surface area contributed by atoms with Crippen LogP contribution in [0.25, 0.3) is 21.7 Å². The third-order valence-corrected chi connectivity index (χ3v) is 4.65. The fourth-order valence-corrected chi connectivity index (χ4v) is 3.31. The Hall–Kier alpha value is -3.60. The van der Waals surface area contributed by atoms with E-state index in [-0.39, 0.29) is 18.8 Å². The average molecular weight is 374 g/mol. The number of methoxy groups -OCH3 is 1. The van der Waals surface area contributed by atoms with Crippen LogP contribution in [0, 0.1) is 0 Å². The van der Waals surface area contributed by atoms with Crippen molar-refractivity contribution < 1.29 is 23.5 Å². The van der Waals surface area contributed by atoms with E-state index in [1.807, 2.05) is 36.4 Å². The zero-order chi connectivity index (χ0) is 19.5. The number of hydrogen-bond donors (Lipinski definition) is 0. The lowest BCUT2D eigenvalue weighted by Crippen LogP contribution is -2.16. The number of carbonyl (C=O) groups is 2. The van der Waals surface area contributed by atoms with Gasteiger partial charge in [0.25, 0.3) is 0 Å². The summed E-state index contributed by atoms with van der Waals surface area (Å²) in [6.45, 7) is -0.338. The molecule has 140 valence electrons. The predicted octanol–water partition coefficient (Wildman–Crippen LogP) is 4.56. The molecule has 3 aromatic carbocycles. The molecule has 0 aliphatic rings. The molecule has 0 N–H and O–H groups in total. The second kappa shape index (κ2) is 7.56. The first-order valence-corrected chi connectivity index (χ1v) is 8.87. The number of Topliss-reactive ketones (excluding diaryl/α,β-unsaturated/α-hetero) is 1. The van der Waals surface area contributed by atoms with Gasteiger partial charge in [-0.05, 0) is 29.0 Å².